The summed E-state index contributed by atoms with van der Waals surface area (Å²) in [6.45, 7) is 1.86. The standard InChI is InChI=1S/C20H19F3N2O2/c1-12(26)24-10-9-16-17-11-15(27-2)7-8-18(17)25-19(16)13-3-5-14(6-4-13)20(21,22)23/h3-8,11,25H,9-10H2,1-2H3,(H,24,26). The number of carbonyl (C=O) groups excluding carboxylic acids is 1. The lowest BCUT2D eigenvalue weighted by Crippen LogP contribution is -2.22. The number of carbonyl (C=O) groups is 1. The Morgan fingerprint density at radius 3 is 2.44 bits per heavy atom. The van der Waals surface area contributed by atoms with Gasteiger partial charge in [0.15, 0.2) is 0 Å². The summed E-state index contributed by atoms with van der Waals surface area (Å²) in [5.74, 6) is 0.546. The highest BCUT2D eigenvalue weighted by atomic mass is 19.4. The molecule has 142 valence electrons. The number of hydrogen-bond donors (Lipinski definition) is 2. The van der Waals surface area contributed by atoms with Crippen molar-refractivity contribution in [1.82, 2.24) is 10.3 Å². The smallest absolute Gasteiger partial charge is 0.416 e. The SMILES string of the molecule is COc1ccc2[nH]c(-c3ccc(C(F)(F)F)cc3)c(CCNC(C)=O)c2c1. The molecule has 0 fully saturated rings. The third-order valence-electron chi connectivity index (χ3n) is 4.36. The molecule has 3 aromatic rings. The Hall–Kier alpha value is -2.96. The van der Waals surface area contributed by atoms with Gasteiger partial charge in [0.1, 0.15) is 5.75 Å². The van der Waals surface area contributed by atoms with Crippen LogP contribution in [0.15, 0.2) is 42.5 Å². The van der Waals surface area contributed by atoms with Gasteiger partial charge >= 0.3 is 6.18 Å². The summed E-state index contributed by atoms with van der Waals surface area (Å²) in [4.78, 5) is 14.5. The number of benzene rings is 2. The molecule has 2 N–H and O–H groups in total. The van der Waals surface area contributed by atoms with E-state index in [4.69, 9.17) is 4.74 Å². The van der Waals surface area contributed by atoms with Crippen LogP contribution in [0.3, 0.4) is 0 Å². The van der Waals surface area contributed by atoms with E-state index in [1.807, 2.05) is 18.2 Å². The maximum atomic E-state index is 12.8. The number of aromatic amines is 1. The van der Waals surface area contributed by atoms with E-state index in [-0.39, 0.29) is 5.91 Å². The number of methoxy groups -OCH3 is 1. The number of hydrogen-bond acceptors (Lipinski definition) is 2. The molecule has 2 aromatic carbocycles. The van der Waals surface area contributed by atoms with Crippen LogP contribution >= 0.6 is 0 Å². The van der Waals surface area contributed by atoms with Gasteiger partial charge in [-0.2, -0.15) is 13.2 Å². The summed E-state index contributed by atoms with van der Waals surface area (Å²) in [6, 6.07) is 10.6. The molecule has 0 aliphatic heterocycles. The second-order valence-electron chi connectivity index (χ2n) is 6.20. The molecular formula is C20H19F3N2O2. The predicted octanol–water partition coefficient (Wildman–Crippen LogP) is 4.54. The van der Waals surface area contributed by atoms with Gasteiger partial charge in [0, 0.05) is 30.1 Å². The zero-order valence-electron chi connectivity index (χ0n) is 14.9. The van der Waals surface area contributed by atoms with Crippen molar-refractivity contribution in [2.75, 3.05) is 13.7 Å². The first kappa shape index (κ1) is 18.8. The van der Waals surface area contributed by atoms with Crippen LogP contribution in [0.2, 0.25) is 0 Å². The Morgan fingerprint density at radius 2 is 1.85 bits per heavy atom. The number of amides is 1. The maximum Gasteiger partial charge on any atom is 0.416 e. The molecule has 0 atom stereocenters. The van der Waals surface area contributed by atoms with Gasteiger partial charge in [-0.1, -0.05) is 12.1 Å². The summed E-state index contributed by atoms with van der Waals surface area (Å²) in [5.41, 5.74) is 2.46. The van der Waals surface area contributed by atoms with E-state index in [9.17, 15) is 18.0 Å². The molecule has 0 bridgehead atoms. The molecule has 1 aromatic heterocycles. The number of nitrogens with one attached hydrogen (secondary N) is 2. The molecule has 7 heteroatoms. The van der Waals surface area contributed by atoms with Gasteiger partial charge in [0.25, 0.3) is 0 Å². The molecule has 4 nitrogen and oxygen atoms in total. The molecule has 0 unspecified atom stereocenters. The number of rotatable bonds is 5. The highest BCUT2D eigenvalue weighted by molar-refractivity contribution is 5.92. The second kappa shape index (κ2) is 7.34. The maximum absolute atomic E-state index is 12.8. The van der Waals surface area contributed by atoms with Gasteiger partial charge < -0.3 is 15.0 Å². The molecule has 1 amide bonds. The van der Waals surface area contributed by atoms with Crippen LogP contribution in [0.1, 0.15) is 18.1 Å². The Labute approximate surface area is 154 Å². The van der Waals surface area contributed by atoms with Crippen molar-refractivity contribution in [3.63, 3.8) is 0 Å². The van der Waals surface area contributed by atoms with Crippen molar-refractivity contribution in [2.24, 2.45) is 0 Å². The van der Waals surface area contributed by atoms with Gasteiger partial charge in [-0.15, -0.1) is 0 Å². The fraction of sp³-hybridized carbons (Fsp3) is 0.250. The molecule has 0 saturated heterocycles. The second-order valence-corrected chi connectivity index (χ2v) is 6.20. The Kier molecular flexibility index (Phi) is 5.12. The average molecular weight is 376 g/mol. The molecule has 0 spiro atoms. The van der Waals surface area contributed by atoms with Crippen molar-refractivity contribution in [1.29, 1.82) is 0 Å². The van der Waals surface area contributed by atoms with Crippen LogP contribution in [0.5, 0.6) is 5.75 Å². The first-order valence-corrected chi connectivity index (χ1v) is 8.40. The topological polar surface area (TPSA) is 54.1 Å². The summed E-state index contributed by atoms with van der Waals surface area (Å²) in [5, 5.41) is 3.66. The fourth-order valence-corrected chi connectivity index (χ4v) is 3.05. The van der Waals surface area contributed by atoms with Gasteiger partial charge in [-0.3, -0.25) is 4.79 Å². The minimum absolute atomic E-state index is 0.136. The van der Waals surface area contributed by atoms with E-state index in [2.05, 4.69) is 10.3 Å². The summed E-state index contributed by atoms with van der Waals surface area (Å²) >= 11 is 0. The molecule has 0 radical (unpaired) electrons. The van der Waals surface area contributed by atoms with Crippen LogP contribution in [0, 0.1) is 0 Å². The van der Waals surface area contributed by atoms with Crippen LogP contribution < -0.4 is 10.1 Å². The van der Waals surface area contributed by atoms with Crippen molar-refractivity contribution >= 4 is 16.8 Å². The van der Waals surface area contributed by atoms with E-state index in [1.165, 1.54) is 19.1 Å². The summed E-state index contributed by atoms with van der Waals surface area (Å²) in [6.07, 6.45) is -3.84. The zero-order valence-corrected chi connectivity index (χ0v) is 14.9. The third-order valence-corrected chi connectivity index (χ3v) is 4.36. The van der Waals surface area contributed by atoms with E-state index < -0.39 is 11.7 Å². The van der Waals surface area contributed by atoms with Crippen LogP contribution in [-0.4, -0.2) is 24.5 Å². The lowest BCUT2D eigenvalue weighted by Gasteiger charge is -2.09. The summed E-state index contributed by atoms with van der Waals surface area (Å²) in [7, 11) is 1.57. The fourth-order valence-electron chi connectivity index (χ4n) is 3.05. The molecule has 27 heavy (non-hydrogen) atoms. The number of ether oxygens (including phenoxy) is 1. The van der Waals surface area contributed by atoms with Crippen molar-refractivity contribution in [3.8, 4) is 17.0 Å². The molecule has 0 aliphatic carbocycles. The third kappa shape index (κ3) is 4.07. The lowest BCUT2D eigenvalue weighted by atomic mass is 10.0. The first-order chi connectivity index (χ1) is 12.8. The minimum atomic E-state index is -4.37. The Bertz CT molecular complexity index is 960. The van der Waals surface area contributed by atoms with Crippen LogP contribution in [-0.2, 0) is 17.4 Å². The molecular weight excluding hydrogens is 357 g/mol. The van der Waals surface area contributed by atoms with Crippen molar-refractivity contribution in [2.45, 2.75) is 19.5 Å². The summed E-state index contributed by atoms with van der Waals surface area (Å²) < 4.78 is 43.8. The number of fused-ring (bicyclic) bond motifs is 1. The van der Waals surface area contributed by atoms with Gasteiger partial charge in [0.2, 0.25) is 5.91 Å². The monoisotopic (exact) mass is 376 g/mol. The Balaban J connectivity index is 2.06. The van der Waals surface area contributed by atoms with Crippen molar-refractivity contribution < 1.29 is 22.7 Å². The largest absolute Gasteiger partial charge is 0.497 e. The zero-order chi connectivity index (χ0) is 19.6. The molecule has 1 heterocycles. The number of halogens is 3. The van der Waals surface area contributed by atoms with Gasteiger partial charge in [-0.05, 0) is 47.9 Å². The highest BCUT2D eigenvalue weighted by Crippen LogP contribution is 2.35. The van der Waals surface area contributed by atoms with Crippen molar-refractivity contribution in [3.05, 3.63) is 53.6 Å². The Morgan fingerprint density at radius 1 is 1.15 bits per heavy atom. The first-order valence-electron chi connectivity index (χ1n) is 8.40. The van der Waals surface area contributed by atoms with E-state index >= 15 is 0 Å². The van der Waals surface area contributed by atoms with Crippen LogP contribution in [0.25, 0.3) is 22.2 Å². The molecule has 0 aliphatic rings. The van der Waals surface area contributed by atoms with Gasteiger partial charge in [-0.25, -0.2) is 0 Å². The predicted molar refractivity (Wildman–Crippen MR) is 97.7 cm³/mol. The molecule has 0 saturated carbocycles. The quantitative estimate of drug-likeness (QED) is 0.687. The van der Waals surface area contributed by atoms with E-state index in [0.717, 1.165) is 34.3 Å². The lowest BCUT2D eigenvalue weighted by molar-refractivity contribution is -0.137. The number of aromatic nitrogens is 1. The highest BCUT2D eigenvalue weighted by Gasteiger charge is 2.30. The van der Waals surface area contributed by atoms with E-state index in [0.29, 0.717) is 24.3 Å². The van der Waals surface area contributed by atoms with E-state index in [1.54, 1.807) is 7.11 Å². The number of H-pyrrole nitrogens is 1. The molecule has 3 rings (SSSR count). The van der Waals surface area contributed by atoms with Gasteiger partial charge in [0.05, 0.1) is 12.7 Å². The number of alkyl halides is 3. The normalized spacial score (nSPS) is 11.6. The van der Waals surface area contributed by atoms with Crippen LogP contribution in [0.4, 0.5) is 13.2 Å². The average Bonchev–Trinajstić information content (AvgIpc) is 2.98. The minimum Gasteiger partial charge on any atom is -0.497 e.